The Morgan fingerprint density at radius 3 is 2.73 bits per heavy atom. The van der Waals surface area contributed by atoms with Gasteiger partial charge in [0, 0.05) is 23.7 Å². The normalized spacial score (nSPS) is 16.9. The minimum absolute atomic E-state index is 0.00857. The Kier molecular flexibility index (Phi) is 5.32. The predicted octanol–water partition coefficient (Wildman–Crippen LogP) is 2.87. The second kappa shape index (κ2) is 7.66. The van der Waals surface area contributed by atoms with Crippen molar-refractivity contribution in [3.05, 3.63) is 63.2 Å². The molecular formula is C20H22N2O4. The molecule has 1 aromatic heterocycles. The summed E-state index contributed by atoms with van der Waals surface area (Å²) in [6.07, 6.45) is 1.99. The van der Waals surface area contributed by atoms with Crippen molar-refractivity contribution in [1.82, 2.24) is 5.32 Å². The van der Waals surface area contributed by atoms with E-state index in [2.05, 4.69) is 10.6 Å². The van der Waals surface area contributed by atoms with Gasteiger partial charge in [0.1, 0.15) is 11.3 Å². The summed E-state index contributed by atoms with van der Waals surface area (Å²) in [4.78, 5) is 36.4. The minimum Gasteiger partial charge on any atom is -0.427 e. The summed E-state index contributed by atoms with van der Waals surface area (Å²) in [7, 11) is 0. The zero-order valence-electron chi connectivity index (χ0n) is 14.9. The number of hydrogen-bond donors (Lipinski definition) is 2. The number of Topliss-reactive ketones (excluding diaryl/α,β-unsaturated/α-hetero) is 1. The number of benzene rings is 1. The van der Waals surface area contributed by atoms with Crippen molar-refractivity contribution in [3.8, 4) is 0 Å². The van der Waals surface area contributed by atoms with Gasteiger partial charge in [-0.1, -0.05) is 12.1 Å². The molecule has 0 spiro atoms. The van der Waals surface area contributed by atoms with Crippen LogP contribution in [0.15, 0.2) is 39.5 Å². The highest BCUT2D eigenvalue weighted by molar-refractivity contribution is 6.05. The minimum atomic E-state index is -0.634. The van der Waals surface area contributed by atoms with Gasteiger partial charge in [-0.05, 0) is 57.0 Å². The molecule has 1 atom stereocenters. The average molecular weight is 354 g/mol. The Balaban J connectivity index is 1.84. The summed E-state index contributed by atoms with van der Waals surface area (Å²) in [5.74, 6) is 0.141. The lowest BCUT2D eigenvalue weighted by atomic mass is 9.95. The van der Waals surface area contributed by atoms with Crippen molar-refractivity contribution in [1.29, 1.82) is 0 Å². The summed E-state index contributed by atoms with van der Waals surface area (Å²) < 4.78 is 5.44. The van der Waals surface area contributed by atoms with Gasteiger partial charge in [-0.25, -0.2) is 4.79 Å². The third-order valence-corrected chi connectivity index (χ3v) is 4.62. The second-order valence-electron chi connectivity index (χ2n) is 6.63. The molecule has 0 bridgehead atoms. The van der Waals surface area contributed by atoms with E-state index in [1.54, 1.807) is 37.3 Å². The van der Waals surface area contributed by atoms with Crippen LogP contribution < -0.4 is 16.3 Å². The van der Waals surface area contributed by atoms with Crippen molar-refractivity contribution < 1.29 is 14.0 Å². The van der Waals surface area contributed by atoms with Gasteiger partial charge in [0.15, 0.2) is 5.78 Å². The molecule has 6 heteroatoms. The van der Waals surface area contributed by atoms with Crippen molar-refractivity contribution in [2.24, 2.45) is 0 Å². The molecule has 0 aliphatic carbocycles. The fourth-order valence-electron chi connectivity index (χ4n) is 3.21. The summed E-state index contributed by atoms with van der Waals surface area (Å²) in [5.41, 5.74) is 0.896. The molecule has 0 radical (unpaired) electrons. The Morgan fingerprint density at radius 1 is 1.27 bits per heavy atom. The number of amides is 1. The molecule has 1 aliphatic rings. The standard InChI is InChI=1S/C20H22N2O4/c1-12-9-17(15-6-4-8-21-11-15)26-20(25)18(12)19(24)22-16-7-3-5-14(10-16)13(2)23/h3,5,7,9-10,15,21H,4,6,8,11H2,1-2H3,(H,22,24). The molecule has 136 valence electrons. The van der Waals surface area contributed by atoms with Crippen LogP contribution in [-0.4, -0.2) is 24.8 Å². The average Bonchev–Trinajstić information content (AvgIpc) is 2.62. The number of anilines is 1. The van der Waals surface area contributed by atoms with Gasteiger partial charge in [0.05, 0.1) is 0 Å². The van der Waals surface area contributed by atoms with Crippen LogP contribution in [0.5, 0.6) is 0 Å². The van der Waals surface area contributed by atoms with Gasteiger partial charge >= 0.3 is 5.63 Å². The van der Waals surface area contributed by atoms with Gasteiger partial charge in [-0.3, -0.25) is 9.59 Å². The number of nitrogens with one attached hydrogen (secondary N) is 2. The lowest BCUT2D eigenvalue weighted by Gasteiger charge is -2.22. The van der Waals surface area contributed by atoms with Crippen molar-refractivity contribution in [3.63, 3.8) is 0 Å². The molecule has 2 aromatic rings. The van der Waals surface area contributed by atoms with Gasteiger partial charge in [-0.2, -0.15) is 0 Å². The van der Waals surface area contributed by atoms with Crippen LogP contribution in [-0.2, 0) is 0 Å². The van der Waals surface area contributed by atoms with E-state index in [9.17, 15) is 14.4 Å². The van der Waals surface area contributed by atoms with Gasteiger partial charge in [-0.15, -0.1) is 0 Å². The zero-order chi connectivity index (χ0) is 18.7. The van der Waals surface area contributed by atoms with E-state index in [4.69, 9.17) is 4.42 Å². The van der Waals surface area contributed by atoms with E-state index in [-0.39, 0.29) is 17.3 Å². The molecule has 1 saturated heterocycles. The van der Waals surface area contributed by atoms with Gasteiger partial charge < -0.3 is 15.1 Å². The molecule has 1 aromatic carbocycles. The Hall–Kier alpha value is -2.73. The highest BCUT2D eigenvalue weighted by atomic mass is 16.4. The third kappa shape index (κ3) is 3.91. The zero-order valence-corrected chi connectivity index (χ0v) is 14.9. The summed E-state index contributed by atoms with van der Waals surface area (Å²) in [6, 6.07) is 8.38. The number of piperidine rings is 1. The van der Waals surface area contributed by atoms with Crippen LogP contribution in [0, 0.1) is 6.92 Å². The van der Waals surface area contributed by atoms with E-state index >= 15 is 0 Å². The van der Waals surface area contributed by atoms with Crippen molar-refractivity contribution in [2.75, 3.05) is 18.4 Å². The number of carbonyl (C=O) groups is 2. The van der Waals surface area contributed by atoms with E-state index in [0.717, 1.165) is 25.9 Å². The molecule has 26 heavy (non-hydrogen) atoms. The Morgan fingerprint density at radius 2 is 2.08 bits per heavy atom. The summed E-state index contributed by atoms with van der Waals surface area (Å²) >= 11 is 0. The Labute approximate surface area is 151 Å². The van der Waals surface area contributed by atoms with Crippen LogP contribution in [0.25, 0.3) is 0 Å². The van der Waals surface area contributed by atoms with Crippen LogP contribution in [0.4, 0.5) is 5.69 Å². The van der Waals surface area contributed by atoms with Crippen LogP contribution in [0.1, 0.15) is 57.7 Å². The molecule has 1 aliphatic heterocycles. The van der Waals surface area contributed by atoms with E-state index in [1.165, 1.54) is 6.92 Å². The molecule has 1 unspecified atom stereocenters. The number of hydrogen-bond acceptors (Lipinski definition) is 5. The van der Waals surface area contributed by atoms with Crippen molar-refractivity contribution in [2.45, 2.75) is 32.6 Å². The van der Waals surface area contributed by atoms with E-state index in [0.29, 0.717) is 22.6 Å². The Bertz CT molecular complexity index is 895. The molecule has 1 fully saturated rings. The maximum absolute atomic E-state index is 12.6. The molecule has 3 rings (SSSR count). The maximum atomic E-state index is 12.6. The van der Waals surface area contributed by atoms with E-state index in [1.807, 2.05) is 0 Å². The topological polar surface area (TPSA) is 88.4 Å². The number of rotatable bonds is 4. The predicted molar refractivity (Wildman–Crippen MR) is 99.0 cm³/mol. The van der Waals surface area contributed by atoms with Crippen LogP contribution in [0.3, 0.4) is 0 Å². The van der Waals surface area contributed by atoms with Crippen LogP contribution in [0.2, 0.25) is 0 Å². The number of carbonyl (C=O) groups excluding carboxylic acids is 2. The number of ketones is 1. The highest BCUT2D eigenvalue weighted by Crippen LogP contribution is 2.24. The molecule has 2 heterocycles. The molecule has 1 amide bonds. The quantitative estimate of drug-likeness (QED) is 0.824. The molecule has 0 saturated carbocycles. The van der Waals surface area contributed by atoms with Gasteiger partial charge in [0.25, 0.3) is 5.91 Å². The SMILES string of the molecule is CC(=O)c1cccc(NC(=O)c2c(C)cc(C3CCCNC3)oc2=O)c1. The first kappa shape index (κ1) is 18.1. The third-order valence-electron chi connectivity index (χ3n) is 4.62. The molecule has 6 nitrogen and oxygen atoms in total. The first-order valence-electron chi connectivity index (χ1n) is 8.73. The summed E-state index contributed by atoms with van der Waals surface area (Å²) in [6.45, 7) is 4.93. The largest absolute Gasteiger partial charge is 0.427 e. The second-order valence-corrected chi connectivity index (χ2v) is 6.63. The fourth-order valence-corrected chi connectivity index (χ4v) is 3.21. The smallest absolute Gasteiger partial charge is 0.349 e. The molecular weight excluding hydrogens is 332 g/mol. The maximum Gasteiger partial charge on any atom is 0.349 e. The lowest BCUT2D eigenvalue weighted by Crippen LogP contribution is -2.30. The first-order valence-corrected chi connectivity index (χ1v) is 8.73. The lowest BCUT2D eigenvalue weighted by molar-refractivity contribution is 0.100. The molecule has 2 N–H and O–H groups in total. The fraction of sp³-hybridized carbons (Fsp3) is 0.350. The number of aryl methyl sites for hydroxylation is 1. The highest BCUT2D eigenvalue weighted by Gasteiger charge is 2.22. The van der Waals surface area contributed by atoms with Crippen LogP contribution >= 0.6 is 0 Å². The monoisotopic (exact) mass is 354 g/mol. The van der Waals surface area contributed by atoms with Gasteiger partial charge in [0.2, 0.25) is 0 Å². The van der Waals surface area contributed by atoms with Crippen molar-refractivity contribution >= 4 is 17.4 Å². The van der Waals surface area contributed by atoms with E-state index < -0.39 is 11.5 Å². The summed E-state index contributed by atoms with van der Waals surface area (Å²) in [5, 5.41) is 5.96. The first-order chi connectivity index (χ1) is 12.5.